The lowest BCUT2D eigenvalue weighted by atomic mass is 9.87. The Kier molecular flexibility index (Phi) is 8.78. The van der Waals surface area contributed by atoms with Gasteiger partial charge in [0, 0.05) is 45.9 Å². The third-order valence-corrected chi connectivity index (χ3v) is 3.20. The Balaban J connectivity index is 4.16. The van der Waals surface area contributed by atoms with E-state index in [0.29, 0.717) is 0 Å². The van der Waals surface area contributed by atoms with Crippen molar-refractivity contribution in [1.82, 2.24) is 4.90 Å². The lowest BCUT2D eigenvalue weighted by molar-refractivity contribution is 0.0251. The van der Waals surface area contributed by atoms with Crippen LogP contribution in [0.25, 0.3) is 0 Å². The smallest absolute Gasteiger partial charge is 0.0589 e. The highest BCUT2D eigenvalue weighted by Gasteiger charge is 2.26. The molecule has 0 rings (SSSR count). The Morgan fingerprint density at radius 3 is 2.18 bits per heavy atom. The van der Waals surface area contributed by atoms with Gasteiger partial charge in [0.25, 0.3) is 0 Å². The van der Waals surface area contributed by atoms with Crippen LogP contribution < -0.4 is 0 Å². The topological polar surface area (TPSA) is 41.9 Å². The molecule has 0 saturated carbocycles. The fourth-order valence-electron chi connectivity index (χ4n) is 1.63. The molecule has 0 aliphatic rings. The minimum Gasteiger partial charge on any atom is -0.393 e. The number of hydrogen-bond acceptors (Lipinski definition) is 4. The summed E-state index contributed by atoms with van der Waals surface area (Å²) in [5.74, 6) is 0. The molecule has 104 valence electrons. The van der Waals surface area contributed by atoms with Crippen molar-refractivity contribution in [2.24, 2.45) is 5.41 Å². The van der Waals surface area contributed by atoms with Gasteiger partial charge >= 0.3 is 0 Å². The second-order valence-electron chi connectivity index (χ2n) is 5.28. The molecule has 0 radical (unpaired) electrons. The molecule has 0 saturated heterocycles. The maximum atomic E-state index is 9.74. The fourth-order valence-corrected chi connectivity index (χ4v) is 1.63. The van der Waals surface area contributed by atoms with Crippen LogP contribution in [-0.2, 0) is 9.47 Å². The van der Waals surface area contributed by atoms with E-state index in [-0.39, 0.29) is 11.5 Å². The van der Waals surface area contributed by atoms with E-state index in [1.54, 1.807) is 14.2 Å². The first-order valence-electron chi connectivity index (χ1n) is 6.32. The fraction of sp³-hybridized carbons (Fsp3) is 1.00. The van der Waals surface area contributed by atoms with Crippen LogP contribution in [0.4, 0.5) is 0 Å². The Labute approximate surface area is 106 Å². The maximum absolute atomic E-state index is 9.74. The molecule has 0 amide bonds. The van der Waals surface area contributed by atoms with Crippen LogP contribution in [-0.4, -0.2) is 63.2 Å². The van der Waals surface area contributed by atoms with Crippen molar-refractivity contribution in [3.63, 3.8) is 0 Å². The van der Waals surface area contributed by atoms with Crippen LogP contribution in [0.3, 0.4) is 0 Å². The van der Waals surface area contributed by atoms with Crippen molar-refractivity contribution in [3.05, 3.63) is 0 Å². The molecular weight excluding hydrogens is 218 g/mol. The minimum absolute atomic E-state index is 0.0964. The van der Waals surface area contributed by atoms with E-state index in [1.807, 2.05) is 6.92 Å². The minimum atomic E-state index is -0.310. The van der Waals surface area contributed by atoms with Crippen LogP contribution >= 0.6 is 0 Å². The standard InChI is InChI=1S/C13H29NO3/c1-12(15)13(2,3)11-14(8-10-17-5)7-6-9-16-4/h12,15H,6-11H2,1-5H3. The van der Waals surface area contributed by atoms with Gasteiger partial charge in [-0.25, -0.2) is 0 Å². The lowest BCUT2D eigenvalue weighted by Crippen LogP contribution is -2.42. The highest BCUT2D eigenvalue weighted by atomic mass is 16.5. The summed E-state index contributed by atoms with van der Waals surface area (Å²) >= 11 is 0. The molecule has 0 aromatic heterocycles. The summed E-state index contributed by atoms with van der Waals surface area (Å²) in [7, 11) is 3.44. The Morgan fingerprint density at radius 1 is 1.12 bits per heavy atom. The number of ether oxygens (including phenoxy) is 2. The number of rotatable bonds is 10. The molecular formula is C13H29NO3. The highest BCUT2D eigenvalue weighted by molar-refractivity contribution is 4.78. The number of nitrogens with zero attached hydrogens (tertiary/aromatic N) is 1. The van der Waals surface area contributed by atoms with E-state index in [9.17, 15) is 5.11 Å². The van der Waals surface area contributed by atoms with Crippen molar-refractivity contribution < 1.29 is 14.6 Å². The van der Waals surface area contributed by atoms with Crippen molar-refractivity contribution in [2.45, 2.75) is 33.3 Å². The lowest BCUT2D eigenvalue weighted by Gasteiger charge is -2.34. The molecule has 0 aromatic rings. The van der Waals surface area contributed by atoms with Crippen molar-refractivity contribution in [1.29, 1.82) is 0 Å². The molecule has 0 bridgehead atoms. The second-order valence-corrected chi connectivity index (χ2v) is 5.28. The Hall–Kier alpha value is -0.160. The summed E-state index contributed by atoms with van der Waals surface area (Å²) < 4.78 is 10.2. The SMILES string of the molecule is COCCCN(CCOC)CC(C)(C)C(C)O. The van der Waals surface area contributed by atoms with Gasteiger partial charge in [0.15, 0.2) is 0 Å². The molecule has 0 fully saturated rings. The number of aliphatic hydroxyl groups excluding tert-OH is 1. The zero-order valence-electron chi connectivity index (χ0n) is 12.0. The molecule has 17 heavy (non-hydrogen) atoms. The molecule has 4 heteroatoms. The van der Waals surface area contributed by atoms with Gasteiger partial charge in [0.2, 0.25) is 0 Å². The molecule has 0 aliphatic heterocycles. The van der Waals surface area contributed by atoms with Crippen molar-refractivity contribution >= 4 is 0 Å². The van der Waals surface area contributed by atoms with Gasteiger partial charge in [-0.1, -0.05) is 13.8 Å². The summed E-state index contributed by atoms with van der Waals surface area (Å²) in [6.45, 7) is 10.3. The van der Waals surface area contributed by atoms with E-state index in [0.717, 1.165) is 39.3 Å². The number of methoxy groups -OCH3 is 2. The zero-order valence-corrected chi connectivity index (χ0v) is 12.0. The molecule has 1 unspecified atom stereocenters. The van der Waals surface area contributed by atoms with E-state index in [1.165, 1.54) is 0 Å². The van der Waals surface area contributed by atoms with E-state index >= 15 is 0 Å². The predicted octanol–water partition coefficient (Wildman–Crippen LogP) is 1.38. The van der Waals surface area contributed by atoms with Crippen LogP contribution in [0.2, 0.25) is 0 Å². The van der Waals surface area contributed by atoms with Crippen LogP contribution in [0.1, 0.15) is 27.2 Å². The molecule has 0 aromatic carbocycles. The van der Waals surface area contributed by atoms with Gasteiger partial charge in [-0.3, -0.25) is 0 Å². The van der Waals surface area contributed by atoms with Gasteiger partial charge in [-0.05, 0) is 13.3 Å². The Morgan fingerprint density at radius 2 is 1.71 bits per heavy atom. The quantitative estimate of drug-likeness (QED) is 0.592. The Bertz CT molecular complexity index is 184. The largest absolute Gasteiger partial charge is 0.393 e. The number of aliphatic hydroxyl groups is 1. The van der Waals surface area contributed by atoms with Gasteiger partial charge in [0.1, 0.15) is 0 Å². The predicted molar refractivity (Wildman–Crippen MR) is 70.3 cm³/mol. The van der Waals surface area contributed by atoms with Crippen LogP contribution in [0.15, 0.2) is 0 Å². The van der Waals surface area contributed by atoms with Crippen molar-refractivity contribution in [2.75, 3.05) is 47.1 Å². The summed E-state index contributed by atoms with van der Waals surface area (Å²) in [5, 5.41) is 9.74. The first kappa shape index (κ1) is 16.8. The first-order valence-corrected chi connectivity index (χ1v) is 6.32. The molecule has 1 atom stereocenters. The van der Waals surface area contributed by atoms with Gasteiger partial charge in [0.05, 0.1) is 12.7 Å². The first-order chi connectivity index (χ1) is 7.94. The highest BCUT2D eigenvalue weighted by Crippen LogP contribution is 2.21. The van der Waals surface area contributed by atoms with Crippen LogP contribution in [0, 0.1) is 5.41 Å². The van der Waals surface area contributed by atoms with Gasteiger partial charge in [-0.15, -0.1) is 0 Å². The van der Waals surface area contributed by atoms with E-state index in [2.05, 4.69) is 18.7 Å². The monoisotopic (exact) mass is 247 g/mol. The number of hydrogen-bond donors (Lipinski definition) is 1. The summed E-state index contributed by atoms with van der Waals surface area (Å²) in [6.07, 6.45) is 0.700. The second kappa shape index (κ2) is 8.86. The molecule has 0 spiro atoms. The van der Waals surface area contributed by atoms with Gasteiger partial charge in [-0.2, -0.15) is 0 Å². The summed E-state index contributed by atoms with van der Waals surface area (Å²) in [6, 6.07) is 0. The third kappa shape index (κ3) is 7.71. The van der Waals surface area contributed by atoms with Gasteiger partial charge < -0.3 is 19.5 Å². The molecule has 0 aliphatic carbocycles. The van der Waals surface area contributed by atoms with Crippen molar-refractivity contribution in [3.8, 4) is 0 Å². The zero-order chi connectivity index (χ0) is 13.3. The maximum Gasteiger partial charge on any atom is 0.0589 e. The van der Waals surface area contributed by atoms with Crippen LogP contribution in [0.5, 0.6) is 0 Å². The average Bonchev–Trinajstić information content (AvgIpc) is 2.25. The third-order valence-electron chi connectivity index (χ3n) is 3.20. The van der Waals surface area contributed by atoms with E-state index < -0.39 is 0 Å². The average molecular weight is 247 g/mol. The molecule has 4 nitrogen and oxygen atoms in total. The summed E-state index contributed by atoms with van der Waals surface area (Å²) in [4.78, 5) is 2.33. The molecule has 1 N–H and O–H groups in total. The summed E-state index contributed by atoms with van der Waals surface area (Å²) in [5.41, 5.74) is -0.0964. The van der Waals surface area contributed by atoms with E-state index in [4.69, 9.17) is 9.47 Å². The molecule has 0 heterocycles. The normalized spacial score (nSPS) is 14.3.